The van der Waals surface area contributed by atoms with E-state index in [9.17, 15) is 14.0 Å². The van der Waals surface area contributed by atoms with E-state index in [4.69, 9.17) is 4.74 Å². The van der Waals surface area contributed by atoms with Crippen LogP contribution in [-0.4, -0.2) is 50.0 Å². The van der Waals surface area contributed by atoms with Crippen LogP contribution in [0.4, 0.5) is 9.18 Å². The van der Waals surface area contributed by atoms with Crippen molar-refractivity contribution in [3.63, 3.8) is 0 Å². The summed E-state index contributed by atoms with van der Waals surface area (Å²) >= 11 is 1.33. The number of thiazole rings is 1. The fourth-order valence-corrected chi connectivity index (χ4v) is 4.39. The fraction of sp³-hybridized carbons (Fsp3) is 0.346. The van der Waals surface area contributed by atoms with Crippen molar-refractivity contribution in [2.45, 2.75) is 46.2 Å². The van der Waals surface area contributed by atoms with Gasteiger partial charge in [0.25, 0.3) is 5.91 Å². The van der Waals surface area contributed by atoms with Crippen LogP contribution in [0.25, 0.3) is 11.0 Å². The minimum atomic E-state index is -0.472. The second-order valence-corrected chi connectivity index (χ2v) is 9.47. The monoisotopic (exact) mass is 524 g/mol. The number of rotatable bonds is 11. The molecule has 37 heavy (non-hydrogen) atoms. The van der Waals surface area contributed by atoms with Gasteiger partial charge in [0.15, 0.2) is 0 Å². The molecule has 0 radical (unpaired) electrons. The number of hydrogen-bond acceptors (Lipinski definition) is 7. The van der Waals surface area contributed by atoms with Gasteiger partial charge in [-0.25, -0.2) is 19.2 Å². The number of benzene rings is 1. The Hall–Kier alpha value is -3.86. The summed E-state index contributed by atoms with van der Waals surface area (Å²) < 4.78 is 19.3. The van der Waals surface area contributed by atoms with E-state index in [1.165, 1.54) is 17.4 Å². The molecule has 4 rings (SSSR count). The number of pyridine rings is 1. The zero-order valence-electron chi connectivity index (χ0n) is 20.8. The Morgan fingerprint density at radius 1 is 1.16 bits per heavy atom. The largest absolute Gasteiger partial charge is 0.449 e. The van der Waals surface area contributed by atoms with Gasteiger partial charge < -0.3 is 19.9 Å². The van der Waals surface area contributed by atoms with E-state index in [1.54, 1.807) is 23.3 Å². The van der Waals surface area contributed by atoms with Gasteiger partial charge in [0, 0.05) is 24.0 Å². The molecular formula is C26H29FN6O3S. The number of amides is 2. The van der Waals surface area contributed by atoms with Crippen LogP contribution in [0.2, 0.25) is 0 Å². The first-order chi connectivity index (χ1) is 17.9. The first kappa shape index (κ1) is 26.2. The molecule has 3 heterocycles. The molecule has 0 atom stereocenters. The van der Waals surface area contributed by atoms with Gasteiger partial charge in [-0.15, -0.1) is 11.3 Å². The number of imidazole rings is 1. The lowest BCUT2D eigenvalue weighted by Gasteiger charge is -2.20. The highest BCUT2D eigenvalue weighted by Crippen LogP contribution is 2.15. The molecule has 2 amide bonds. The van der Waals surface area contributed by atoms with E-state index in [1.807, 2.05) is 31.2 Å². The molecule has 194 valence electrons. The summed E-state index contributed by atoms with van der Waals surface area (Å²) in [6.07, 6.45) is 1.73. The van der Waals surface area contributed by atoms with E-state index in [0.29, 0.717) is 36.1 Å². The van der Waals surface area contributed by atoms with E-state index >= 15 is 0 Å². The lowest BCUT2D eigenvalue weighted by atomic mass is 10.3. The predicted octanol–water partition coefficient (Wildman–Crippen LogP) is 4.77. The third-order valence-corrected chi connectivity index (χ3v) is 6.52. The topological polar surface area (TPSA) is 113 Å². The first-order valence-electron chi connectivity index (χ1n) is 12.1. The number of aryl methyl sites for hydroxylation is 1. The number of H-pyrrole nitrogens is 1. The summed E-state index contributed by atoms with van der Waals surface area (Å²) in [6, 6.07) is 10.6. The molecule has 0 aliphatic rings. The Kier molecular flexibility index (Phi) is 8.78. The SMILES string of the molecule is CCCCOC(=O)N(CCc1nc(C(=O)NCc2nc(C)ccc2F)cs1)Cc1nc2ccccc2[nH]1. The predicted molar refractivity (Wildman–Crippen MR) is 139 cm³/mol. The number of unbranched alkanes of at least 4 members (excludes halogenated alkanes) is 1. The van der Waals surface area contributed by atoms with E-state index in [2.05, 4.69) is 25.3 Å². The van der Waals surface area contributed by atoms with Crippen LogP contribution < -0.4 is 5.32 Å². The molecular weight excluding hydrogens is 495 g/mol. The number of nitrogens with one attached hydrogen (secondary N) is 2. The summed E-state index contributed by atoms with van der Waals surface area (Å²) in [5.41, 5.74) is 2.80. The molecule has 3 aromatic heterocycles. The first-order valence-corrected chi connectivity index (χ1v) is 13.0. The molecule has 0 unspecified atom stereocenters. The molecule has 0 fully saturated rings. The Balaban J connectivity index is 1.37. The van der Waals surface area contributed by atoms with Gasteiger partial charge in [0.2, 0.25) is 0 Å². The summed E-state index contributed by atoms with van der Waals surface area (Å²) in [4.78, 5) is 43.2. The number of carbonyl (C=O) groups excluding carboxylic acids is 2. The minimum absolute atomic E-state index is 0.0336. The number of ether oxygens (including phenoxy) is 1. The van der Waals surface area contributed by atoms with Crippen molar-refractivity contribution in [2.24, 2.45) is 0 Å². The molecule has 0 bridgehead atoms. The average molecular weight is 525 g/mol. The smallest absolute Gasteiger partial charge is 0.410 e. The summed E-state index contributed by atoms with van der Waals surface area (Å²) in [6.45, 7) is 4.71. The summed E-state index contributed by atoms with van der Waals surface area (Å²) in [5.74, 6) is -0.228. The molecule has 9 nitrogen and oxygen atoms in total. The van der Waals surface area contributed by atoms with Gasteiger partial charge in [-0.1, -0.05) is 25.5 Å². The van der Waals surface area contributed by atoms with Gasteiger partial charge in [-0.2, -0.15) is 0 Å². The van der Waals surface area contributed by atoms with Crippen molar-refractivity contribution in [1.29, 1.82) is 0 Å². The summed E-state index contributed by atoms with van der Waals surface area (Å²) in [7, 11) is 0. The second kappa shape index (κ2) is 12.4. The van der Waals surface area contributed by atoms with Gasteiger partial charge in [-0.3, -0.25) is 9.78 Å². The van der Waals surface area contributed by atoms with Crippen LogP contribution in [0.1, 0.15) is 52.5 Å². The maximum atomic E-state index is 13.9. The zero-order chi connectivity index (χ0) is 26.2. The van der Waals surface area contributed by atoms with Crippen LogP contribution in [0.15, 0.2) is 41.8 Å². The molecule has 2 N–H and O–H groups in total. The minimum Gasteiger partial charge on any atom is -0.449 e. The molecule has 11 heteroatoms. The van der Waals surface area contributed by atoms with Crippen molar-refractivity contribution < 1.29 is 18.7 Å². The average Bonchev–Trinajstić information content (AvgIpc) is 3.53. The van der Waals surface area contributed by atoms with E-state index in [-0.39, 0.29) is 24.5 Å². The van der Waals surface area contributed by atoms with Gasteiger partial charge >= 0.3 is 6.09 Å². The fourth-order valence-electron chi connectivity index (χ4n) is 3.62. The number of halogens is 1. The molecule has 0 saturated heterocycles. The number of carbonyl (C=O) groups is 2. The standard InChI is InChI=1S/C26H29FN6O3S/c1-3-4-13-36-26(35)33(15-23-30-19-7-5-6-8-20(19)31-23)12-11-24-32-22(16-37-24)25(34)28-14-21-18(27)10-9-17(2)29-21/h5-10,16H,3-4,11-15H2,1-2H3,(H,28,34)(H,30,31). The van der Waals surface area contributed by atoms with E-state index < -0.39 is 17.8 Å². The highest BCUT2D eigenvalue weighted by Gasteiger charge is 2.19. The molecule has 1 aromatic carbocycles. The Morgan fingerprint density at radius 3 is 2.81 bits per heavy atom. The summed E-state index contributed by atoms with van der Waals surface area (Å²) in [5, 5.41) is 5.00. The van der Waals surface area contributed by atoms with Crippen LogP contribution in [0.3, 0.4) is 0 Å². The number of aromatic amines is 1. The van der Waals surface area contributed by atoms with Crippen molar-refractivity contribution in [2.75, 3.05) is 13.2 Å². The zero-order valence-corrected chi connectivity index (χ0v) is 21.6. The second-order valence-electron chi connectivity index (χ2n) is 8.53. The number of nitrogens with zero attached hydrogens (tertiary/aromatic N) is 4. The number of fused-ring (bicyclic) bond motifs is 1. The number of aromatic nitrogens is 4. The molecule has 0 spiro atoms. The lowest BCUT2D eigenvalue weighted by molar-refractivity contribution is 0.0942. The van der Waals surface area contributed by atoms with Crippen molar-refractivity contribution in [3.05, 3.63) is 75.5 Å². The van der Waals surface area contributed by atoms with Crippen LogP contribution in [0.5, 0.6) is 0 Å². The Labute approximate surface area is 218 Å². The van der Waals surface area contributed by atoms with Gasteiger partial charge in [0.1, 0.15) is 17.3 Å². The van der Waals surface area contributed by atoms with E-state index in [0.717, 1.165) is 23.9 Å². The number of hydrogen-bond donors (Lipinski definition) is 2. The molecule has 0 aliphatic carbocycles. The van der Waals surface area contributed by atoms with Gasteiger partial charge in [-0.05, 0) is 37.6 Å². The molecule has 0 saturated carbocycles. The van der Waals surface area contributed by atoms with Crippen LogP contribution in [0, 0.1) is 12.7 Å². The third kappa shape index (κ3) is 7.10. The van der Waals surface area contributed by atoms with Crippen molar-refractivity contribution in [3.8, 4) is 0 Å². The Morgan fingerprint density at radius 2 is 2.00 bits per heavy atom. The Bertz CT molecular complexity index is 1340. The third-order valence-electron chi connectivity index (χ3n) is 5.61. The van der Waals surface area contributed by atoms with Gasteiger partial charge in [0.05, 0.1) is 41.4 Å². The quantitative estimate of drug-likeness (QED) is 0.273. The molecule has 0 aliphatic heterocycles. The van der Waals surface area contributed by atoms with Crippen molar-refractivity contribution >= 4 is 34.4 Å². The highest BCUT2D eigenvalue weighted by molar-refractivity contribution is 7.09. The highest BCUT2D eigenvalue weighted by atomic mass is 32.1. The normalized spacial score (nSPS) is 11.0. The van der Waals surface area contributed by atoms with Crippen LogP contribution in [-0.2, 0) is 24.2 Å². The van der Waals surface area contributed by atoms with Crippen molar-refractivity contribution in [1.82, 2.24) is 30.2 Å². The maximum absolute atomic E-state index is 13.9. The molecule has 4 aromatic rings. The lowest BCUT2D eigenvalue weighted by Crippen LogP contribution is -2.33. The number of para-hydroxylation sites is 2. The maximum Gasteiger partial charge on any atom is 0.410 e. The van der Waals surface area contributed by atoms with Crippen LogP contribution >= 0.6 is 11.3 Å².